The molecule has 0 spiro atoms. The smallest absolute Gasteiger partial charge is 0.128 e. The van der Waals surface area contributed by atoms with Crippen molar-refractivity contribution in [3.05, 3.63) is 53.6 Å². The van der Waals surface area contributed by atoms with Gasteiger partial charge in [0.05, 0.1) is 12.9 Å². The van der Waals surface area contributed by atoms with Gasteiger partial charge in [-0.05, 0) is 31.2 Å². The maximum atomic E-state index is 13.8. The molecule has 3 rings (SSSR count). The van der Waals surface area contributed by atoms with Crippen molar-refractivity contribution >= 4 is 0 Å². The number of imidazole rings is 1. The van der Waals surface area contributed by atoms with E-state index >= 15 is 0 Å². The lowest BCUT2D eigenvalue weighted by Crippen LogP contribution is -2.28. The first-order valence-electron chi connectivity index (χ1n) is 6.74. The van der Waals surface area contributed by atoms with Gasteiger partial charge in [0.1, 0.15) is 11.6 Å². The summed E-state index contributed by atoms with van der Waals surface area (Å²) < 4.78 is 28.9. The molecule has 0 saturated carbocycles. The zero-order chi connectivity index (χ0) is 14.2. The lowest BCUT2D eigenvalue weighted by atomic mass is 9.86. The van der Waals surface area contributed by atoms with Crippen molar-refractivity contribution in [3.8, 4) is 0 Å². The van der Waals surface area contributed by atoms with Gasteiger partial charge in [-0.2, -0.15) is 0 Å². The maximum absolute atomic E-state index is 13.8. The second-order valence-corrected chi connectivity index (χ2v) is 5.63. The standard InChI is InChI=1S/C15H17F2N3/c1-15(4-5-18-9-15)14-7-19-10-20(14)8-11-6-12(16)2-3-13(11)17/h2-3,6-7,10,18H,4-5,8-9H2,1H3. The minimum atomic E-state index is -0.420. The quantitative estimate of drug-likeness (QED) is 0.934. The molecule has 2 heterocycles. The molecule has 1 aliphatic rings. The average Bonchev–Trinajstić information content (AvgIpc) is 3.04. The monoisotopic (exact) mass is 277 g/mol. The van der Waals surface area contributed by atoms with Gasteiger partial charge < -0.3 is 9.88 Å². The molecule has 0 aliphatic carbocycles. The highest BCUT2D eigenvalue weighted by Crippen LogP contribution is 2.30. The van der Waals surface area contributed by atoms with Crippen LogP contribution in [-0.4, -0.2) is 22.6 Å². The molecular weight excluding hydrogens is 260 g/mol. The van der Waals surface area contributed by atoms with Gasteiger partial charge in [0.15, 0.2) is 0 Å². The number of hydrogen-bond acceptors (Lipinski definition) is 2. The molecule has 1 fully saturated rings. The fourth-order valence-electron chi connectivity index (χ4n) is 2.83. The first-order chi connectivity index (χ1) is 9.58. The number of rotatable bonds is 3. The predicted molar refractivity (Wildman–Crippen MR) is 72.5 cm³/mol. The molecule has 0 radical (unpaired) electrons. The third-order valence-electron chi connectivity index (χ3n) is 4.05. The summed E-state index contributed by atoms with van der Waals surface area (Å²) in [5.74, 6) is -0.808. The Morgan fingerprint density at radius 2 is 2.25 bits per heavy atom. The van der Waals surface area contributed by atoms with Gasteiger partial charge >= 0.3 is 0 Å². The molecule has 20 heavy (non-hydrogen) atoms. The molecule has 1 saturated heterocycles. The summed E-state index contributed by atoms with van der Waals surface area (Å²) in [7, 11) is 0. The van der Waals surface area contributed by atoms with Crippen molar-refractivity contribution < 1.29 is 8.78 Å². The minimum absolute atomic E-state index is 0.000299. The summed E-state index contributed by atoms with van der Waals surface area (Å²) in [6, 6.07) is 3.55. The van der Waals surface area contributed by atoms with Crippen molar-refractivity contribution in [2.45, 2.75) is 25.3 Å². The van der Waals surface area contributed by atoms with Crippen LogP contribution in [0.2, 0.25) is 0 Å². The minimum Gasteiger partial charge on any atom is -0.329 e. The van der Waals surface area contributed by atoms with Crippen LogP contribution >= 0.6 is 0 Å². The molecule has 0 bridgehead atoms. The molecule has 2 aromatic rings. The summed E-state index contributed by atoms with van der Waals surface area (Å²) in [5, 5.41) is 3.34. The normalized spacial score (nSPS) is 22.4. The van der Waals surface area contributed by atoms with Gasteiger partial charge in [-0.25, -0.2) is 13.8 Å². The van der Waals surface area contributed by atoms with Crippen LogP contribution in [0.5, 0.6) is 0 Å². The van der Waals surface area contributed by atoms with Crippen molar-refractivity contribution in [1.82, 2.24) is 14.9 Å². The van der Waals surface area contributed by atoms with E-state index in [1.165, 1.54) is 12.1 Å². The molecule has 3 nitrogen and oxygen atoms in total. The molecular formula is C15H17F2N3. The zero-order valence-electron chi connectivity index (χ0n) is 11.4. The largest absolute Gasteiger partial charge is 0.329 e. The van der Waals surface area contributed by atoms with E-state index in [0.717, 1.165) is 31.3 Å². The third-order valence-corrected chi connectivity index (χ3v) is 4.05. The summed E-state index contributed by atoms with van der Waals surface area (Å²) in [4.78, 5) is 4.18. The SMILES string of the molecule is CC1(c2cncn2Cc2cc(F)ccc2F)CCNC1. The van der Waals surface area contributed by atoms with E-state index < -0.39 is 5.82 Å². The number of aromatic nitrogens is 2. The van der Waals surface area contributed by atoms with Crippen LogP contribution in [0.3, 0.4) is 0 Å². The Hall–Kier alpha value is -1.75. The Bertz CT molecular complexity index is 615. The van der Waals surface area contributed by atoms with Gasteiger partial charge in [-0.3, -0.25) is 0 Å². The Labute approximate surface area is 116 Å². The number of nitrogens with one attached hydrogen (secondary N) is 1. The van der Waals surface area contributed by atoms with E-state index in [1.807, 2.05) is 10.8 Å². The maximum Gasteiger partial charge on any atom is 0.128 e. The fourth-order valence-corrected chi connectivity index (χ4v) is 2.83. The van der Waals surface area contributed by atoms with Crippen molar-refractivity contribution in [2.24, 2.45) is 0 Å². The van der Waals surface area contributed by atoms with E-state index in [0.29, 0.717) is 12.1 Å². The number of halogens is 2. The molecule has 1 aliphatic heterocycles. The van der Waals surface area contributed by atoms with Gasteiger partial charge in [0, 0.05) is 29.4 Å². The van der Waals surface area contributed by atoms with E-state index in [1.54, 1.807) is 6.33 Å². The predicted octanol–water partition coefficient (Wildman–Crippen LogP) is 2.46. The first kappa shape index (κ1) is 13.2. The van der Waals surface area contributed by atoms with Crippen LogP contribution in [0, 0.1) is 11.6 Å². The van der Waals surface area contributed by atoms with E-state index in [2.05, 4.69) is 17.2 Å². The van der Waals surface area contributed by atoms with E-state index in [-0.39, 0.29) is 11.2 Å². The van der Waals surface area contributed by atoms with Crippen molar-refractivity contribution in [3.63, 3.8) is 0 Å². The third kappa shape index (κ3) is 2.33. The average molecular weight is 277 g/mol. The summed E-state index contributed by atoms with van der Waals surface area (Å²) in [6.45, 7) is 4.32. The van der Waals surface area contributed by atoms with Gasteiger partial charge in [0.2, 0.25) is 0 Å². The summed E-state index contributed by atoms with van der Waals surface area (Å²) in [5.41, 5.74) is 1.41. The number of benzene rings is 1. The molecule has 5 heteroatoms. The molecule has 1 N–H and O–H groups in total. The van der Waals surface area contributed by atoms with Crippen molar-refractivity contribution in [2.75, 3.05) is 13.1 Å². The fraction of sp³-hybridized carbons (Fsp3) is 0.400. The van der Waals surface area contributed by atoms with Gasteiger partial charge in [0.25, 0.3) is 0 Å². The number of hydrogen-bond donors (Lipinski definition) is 1. The molecule has 0 amide bonds. The molecule has 1 atom stereocenters. The highest BCUT2D eigenvalue weighted by Gasteiger charge is 2.33. The number of nitrogens with zero attached hydrogens (tertiary/aromatic N) is 2. The van der Waals surface area contributed by atoms with Gasteiger partial charge in [-0.15, -0.1) is 0 Å². The lowest BCUT2D eigenvalue weighted by Gasteiger charge is -2.24. The first-order valence-corrected chi connectivity index (χ1v) is 6.74. The molecule has 1 unspecified atom stereocenters. The van der Waals surface area contributed by atoms with Crippen LogP contribution < -0.4 is 5.32 Å². The van der Waals surface area contributed by atoms with Crippen LogP contribution in [0.25, 0.3) is 0 Å². The topological polar surface area (TPSA) is 29.9 Å². The lowest BCUT2D eigenvalue weighted by molar-refractivity contribution is 0.477. The Morgan fingerprint density at radius 3 is 3.00 bits per heavy atom. The second kappa shape index (κ2) is 4.98. The van der Waals surface area contributed by atoms with Gasteiger partial charge in [-0.1, -0.05) is 6.92 Å². The highest BCUT2D eigenvalue weighted by atomic mass is 19.1. The molecule has 1 aromatic carbocycles. The molecule has 1 aromatic heterocycles. The zero-order valence-corrected chi connectivity index (χ0v) is 11.4. The van der Waals surface area contributed by atoms with Crippen LogP contribution in [0.1, 0.15) is 24.6 Å². The summed E-state index contributed by atoms with van der Waals surface area (Å²) >= 11 is 0. The van der Waals surface area contributed by atoms with Crippen molar-refractivity contribution in [1.29, 1.82) is 0 Å². The van der Waals surface area contributed by atoms with Crippen LogP contribution in [0.15, 0.2) is 30.7 Å². The van der Waals surface area contributed by atoms with E-state index in [9.17, 15) is 8.78 Å². The Balaban J connectivity index is 1.92. The molecule has 106 valence electrons. The Morgan fingerprint density at radius 1 is 1.40 bits per heavy atom. The summed E-state index contributed by atoms with van der Waals surface area (Å²) in [6.07, 6.45) is 4.53. The van der Waals surface area contributed by atoms with Crippen LogP contribution in [-0.2, 0) is 12.0 Å². The highest BCUT2D eigenvalue weighted by molar-refractivity contribution is 5.23. The van der Waals surface area contributed by atoms with Crippen LogP contribution in [0.4, 0.5) is 8.78 Å². The van der Waals surface area contributed by atoms with E-state index in [4.69, 9.17) is 0 Å². The Kier molecular flexibility index (Phi) is 3.30. The second-order valence-electron chi connectivity index (χ2n) is 5.63.